The first kappa shape index (κ1) is 20.6. The molecule has 1 aromatic carbocycles. The van der Waals surface area contributed by atoms with Crippen LogP contribution in [0.2, 0.25) is 0 Å². The van der Waals surface area contributed by atoms with Gasteiger partial charge in [-0.1, -0.05) is 6.07 Å². The second-order valence-corrected chi connectivity index (χ2v) is 6.62. The van der Waals surface area contributed by atoms with Crippen molar-refractivity contribution >= 4 is 17.6 Å². The number of furan rings is 1. The van der Waals surface area contributed by atoms with E-state index in [0.717, 1.165) is 5.56 Å². The average Bonchev–Trinajstić information content (AvgIpc) is 3.22. The molecule has 8 nitrogen and oxygen atoms in total. The summed E-state index contributed by atoms with van der Waals surface area (Å²) in [7, 11) is 1.51. The molecule has 2 amide bonds. The summed E-state index contributed by atoms with van der Waals surface area (Å²) >= 11 is 0. The summed E-state index contributed by atoms with van der Waals surface area (Å²) in [6.45, 7) is 1.88. The molecule has 2 aromatic heterocycles. The normalized spacial score (nSPS) is 10.2. The van der Waals surface area contributed by atoms with Crippen LogP contribution < -0.4 is 10.1 Å². The van der Waals surface area contributed by atoms with Gasteiger partial charge in [-0.05, 0) is 55.0 Å². The van der Waals surface area contributed by atoms with Gasteiger partial charge < -0.3 is 19.4 Å². The van der Waals surface area contributed by atoms with Gasteiger partial charge in [-0.25, -0.2) is 4.98 Å². The van der Waals surface area contributed by atoms with Crippen molar-refractivity contribution in [2.75, 3.05) is 18.9 Å². The number of carbonyl (C=O) groups excluding carboxylic acids is 2. The highest BCUT2D eigenvalue weighted by molar-refractivity contribution is 5.97. The summed E-state index contributed by atoms with van der Waals surface area (Å²) in [6.07, 6.45) is 1.65. The standard InChI is InChI=1S/C22H20N4O4/c1-15-3-10-20(24-12-15)25-21(27)13-26(2)22(28)19-9-8-18(30-19)14-29-17-6-4-16(11-23)5-7-17/h3-10,12H,13-14H2,1-2H3,(H,24,25,27). The van der Waals surface area contributed by atoms with Crippen molar-refractivity contribution in [2.45, 2.75) is 13.5 Å². The first-order valence-electron chi connectivity index (χ1n) is 9.14. The molecular weight excluding hydrogens is 384 g/mol. The Kier molecular flexibility index (Phi) is 6.45. The topological polar surface area (TPSA) is 108 Å². The van der Waals surface area contributed by atoms with Gasteiger partial charge in [-0.3, -0.25) is 9.59 Å². The Morgan fingerprint density at radius 2 is 1.93 bits per heavy atom. The third kappa shape index (κ3) is 5.45. The van der Waals surface area contributed by atoms with Crippen molar-refractivity contribution in [2.24, 2.45) is 0 Å². The average molecular weight is 404 g/mol. The number of pyridine rings is 1. The molecule has 0 aliphatic carbocycles. The quantitative estimate of drug-likeness (QED) is 0.648. The van der Waals surface area contributed by atoms with Crippen LogP contribution in [0.4, 0.5) is 5.82 Å². The predicted molar refractivity (Wildman–Crippen MR) is 109 cm³/mol. The van der Waals surface area contributed by atoms with E-state index in [2.05, 4.69) is 10.3 Å². The van der Waals surface area contributed by atoms with Crippen LogP contribution in [-0.4, -0.2) is 35.3 Å². The number of benzene rings is 1. The van der Waals surface area contributed by atoms with Crippen LogP contribution in [0, 0.1) is 18.3 Å². The number of hydrogen-bond donors (Lipinski definition) is 1. The number of carbonyl (C=O) groups is 2. The molecule has 0 saturated carbocycles. The van der Waals surface area contributed by atoms with E-state index in [4.69, 9.17) is 14.4 Å². The minimum Gasteiger partial charge on any atom is -0.486 e. The predicted octanol–water partition coefficient (Wildman–Crippen LogP) is 3.14. The molecule has 1 N–H and O–H groups in total. The molecule has 0 fully saturated rings. The Hall–Kier alpha value is -4.12. The largest absolute Gasteiger partial charge is 0.486 e. The molecule has 0 unspecified atom stereocenters. The number of nitrogens with one attached hydrogen (secondary N) is 1. The van der Waals surface area contributed by atoms with Gasteiger partial charge in [0.25, 0.3) is 5.91 Å². The molecule has 0 saturated heterocycles. The highest BCUT2D eigenvalue weighted by atomic mass is 16.5. The summed E-state index contributed by atoms with van der Waals surface area (Å²) in [4.78, 5) is 30.0. The van der Waals surface area contributed by atoms with Gasteiger partial charge in [-0.2, -0.15) is 5.26 Å². The van der Waals surface area contributed by atoms with E-state index in [1.807, 2.05) is 19.1 Å². The third-order valence-corrected chi connectivity index (χ3v) is 4.14. The fraction of sp³-hybridized carbons (Fsp3) is 0.182. The Morgan fingerprint density at radius 3 is 2.60 bits per heavy atom. The summed E-state index contributed by atoms with van der Waals surface area (Å²) in [5.41, 5.74) is 1.52. The van der Waals surface area contributed by atoms with Crippen LogP contribution in [0.1, 0.15) is 27.4 Å². The number of likely N-dealkylation sites (N-methyl/N-ethyl adjacent to an activating group) is 1. The van der Waals surface area contributed by atoms with Crippen LogP contribution in [0.3, 0.4) is 0 Å². The SMILES string of the molecule is Cc1ccc(NC(=O)CN(C)C(=O)c2ccc(COc3ccc(C#N)cc3)o2)nc1. The number of nitriles is 1. The number of ether oxygens (including phenoxy) is 1. The number of hydrogen-bond acceptors (Lipinski definition) is 6. The van der Waals surface area contributed by atoms with E-state index in [9.17, 15) is 9.59 Å². The fourth-order valence-corrected chi connectivity index (χ4v) is 2.55. The molecule has 30 heavy (non-hydrogen) atoms. The minimum absolute atomic E-state index is 0.109. The Labute approximate surface area is 173 Å². The first-order valence-corrected chi connectivity index (χ1v) is 9.14. The van der Waals surface area contributed by atoms with E-state index in [1.54, 1.807) is 42.6 Å². The van der Waals surface area contributed by atoms with Crippen LogP contribution >= 0.6 is 0 Å². The van der Waals surface area contributed by atoms with Crippen LogP contribution in [-0.2, 0) is 11.4 Å². The van der Waals surface area contributed by atoms with E-state index in [-0.39, 0.29) is 24.8 Å². The van der Waals surface area contributed by atoms with Crippen LogP contribution in [0.15, 0.2) is 59.1 Å². The number of anilines is 1. The zero-order chi connectivity index (χ0) is 21.5. The number of amides is 2. The van der Waals surface area contributed by atoms with Gasteiger partial charge in [0.2, 0.25) is 5.91 Å². The zero-order valence-electron chi connectivity index (χ0n) is 16.6. The molecule has 152 valence electrons. The number of nitrogens with zero attached hydrogens (tertiary/aromatic N) is 3. The highest BCUT2D eigenvalue weighted by Gasteiger charge is 2.19. The third-order valence-electron chi connectivity index (χ3n) is 4.14. The molecule has 0 spiro atoms. The van der Waals surface area contributed by atoms with E-state index in [0.29, 0.717) is 22.9 Å². The maximum atomic E-state index is 12.5. The fourth-order valence-electron chi connectivity index (χ4n) is 2.55. The smallest absolute Gasteiger partial charge is 0.289 e. The van der Waals surface area contributed by atoms with Gasteiger partial charge in [0.15, 0.2) is 5.76 Å². The molecule has 3 aromatic rings. The molecule has 3 rings (SSSR count). The van der Waals surface area contributed by atoms with E-state index < -0.39 is 5.91 Å². The molecule has 0 aliphatic heterocycles. The van der Waals surface area contributed by atoms with Crippen molar-refractivity contribution in [1.29, 1.82) is 5.26 Å². The summed E-state index contributed by atoms with van der Waals surface area (Å²) in [6, 6.07) is 15.4. The van der Waals surface area contributed by atoms with Crippen molar-refractivity contribution in [1.82, 2.24) is 9.88 Å². The van der Waals surface area contributed by atoms with Gasteiger partial charge in [0.05, 0.1) is 11.6 Å². The number of rotatable bonds is 7. The Morgan fingerprint density at radius 1 is 1.17 bits per heavy atom. The second-order valence-electron chi connectivity index (χ2n) is 6.62. The van der Waals surface area contributed by atoms with Gasteiger partial charge >= 0.3 is 0 Å². The van der Waals surface area contributed by atoms with Crippen molar-refractivity contribution in [3.63, 3.8) is 0 Å². The molecule has 8 heteroatoms. The van der Waals surface area contributed by atoms with Crippen molar-refractivity contribution < 1.29 is 18.7 Å². The molecule has 0 atom stereocenters. The summed E-state index contributed by atoms with van der Waals surface area (Å²) < 4.78 is 11.1. The first-order chi connectivity index (χ1) is 14.4. The van der Waals surface area contributed by atoms with Crippen LogP contribution in [0.25, 0.3) is 0 Å². The molecule has 0 bridgehead atoms. The molecule has 0 aliphatic rings. The Bertz CT molecular complexity index is 1070. The summed E-state index contributed by atoms with van der Waals surface area (Å²) in [5.74, 6) is 0.787. The van der Waals surface area contributed by atoms with Gasteiger partial charge in [0.1, 0.15) is 30.5 Å². The number of aryl methyl sites for hydroxylation is 1. The molecule has 2 heterocycles. The van der Waals surface area contributed by atoms with Crippen molar-refractivity contribution in [3.05, 3.63) is 77.4 Å². The summed E-state index contributed by atoms with van der Waals surface area (Å²) in [5, 5.41) is 11.4. The number of aromatic nitrogens is 1. The lowest BCUT2D eigenvalue weighted by Crippen LogP contribution is -2.34. The van der Waals surface area contributed by atoms with Gasteiger partial charge in [0, 0.05) is 13.2 Å². The van der Waals surface area contributed by atoms with Crippen LogP contribution in [0.5, 0.6) is 5.75 Å². The van der Waals surface area contributed by atoms with Crippen molar-refractivity contribution in [3.8, 4) is 11.8 Å². The van der Waals surface area contributed by atoms with E-state index >= 15 is 0 Å². The zero-order valence-corrected chi connectivity index (χ0v) is 16.6. The lowest BCUT2D eigenvalue weighted by atomic mass is 10.2. The van der Waals surface area contributed by atoms with Gasteiger partial charge in [-0.15, -0.1) is 0 Å². The Balaban J connectivity index is 1.52. The maximum absolute atomic E-state index is 12.5. The minimum atomic E-state index is -0.424. The lowest BCUT2D eigenvalue weighted by molar-refractivity contribution is -0.116. The lowest BCUT2D eigenvalue weighted by Gasteiger charge is -2.15. The second kappa shape index (κ2) is 9.39. The highest BCUT2D eigenvalue weighted by Crippen LogP contribution is 2.16. The monoisotopic (exact) mass is 404 g/mol. The molecule has 0 radical (unpaired) electrons. The van der Waals surface area contributed by atoms with E-state index in [1.165, 1.54) is 18.0 Å². The maximum Gasteiger partial charge on any atom is 0.289 e. The molecular formula is C22H20N4O4.